The van der Waals surface area contributed by atoms with Gasteiger partial charge in [-0.25, -0.2) is 8.78 Å². The van der Waals surface area contributed by atoms with Crippen LogP contribution in [0.3, 0.4) is 0 Å². The van der Waals surface area contributed by atoms with Gasteiger partial charge in [0.05, 0.1) is 0 Å². The SMILES string of the molecule is C=CCOC(=S)CC(c1ccc(F)cc1)c1ccc(F)cc1. The van der Waals surface area contributed by atoms with E-state index in [1.807, 2.05) is 0 Å². The highest BCUT2D eigenvalue weighted by Crippen LogP contribution is 2.29. The average molecular weight is 318 g/mol. The second-order valence-corrected chi connectivity index (χ2v) is 5.29. The van der Waals surface area contributed by atoms with Gasteiger partial charge in [-0.2, -0.15) is 0 Å². The van der Waals surface area contributed by atoms with Gasteiger partial charge in [-0.1, -0.05) is 36.9 Å². The smallest absolute Gasteiger partial charge is 0.161 e. The Bertz CT molecular complexity index is 590. The summed E-state index contributed by atoms with van der Waals surface area (Å²) in [5.74, 6) is -0.710. The third-order valence-electron chi connectivity index (χ3n) is 3.28. The Kier molecular flexibility index (Phi) is 5.78. The summed E-state index contributed by atoms with van der Waals surface area (Å²) in [4.78, 5) is 0. The van der Waals surface area contributed by atoms with Crippen molar-refractivity contribution in [2.75, 3.05) is 6.61 Å². The largest absolute Gasteiger partial charge is 0.483 e. The van der Waals surface area contributed by atoms with Crippen LogP contribution >= 0.6 is 12.2 Å². The highest BCUT2D eigenvalue weighted by Gasteiger charge is 2.17. The van der Waals surface area contributed by atoms with Crippen LogP contribution in [-0.4, -0.2) is 11.7 Å². The average Bonchev–Trinajstić information content (AvgIpc) is 2.52. The maximum Gasteiger partial charge on any atom is 0.161 e. The first kappa shape index (κ1) is 16.3. The van der Waals surface area contributed by atoms with Gasteiger partial charge in [0.2, 0.25) is 0 Å². The van der Waals surface area contributed by atoms with Crippen LogP contribution in [0.2, 0.25) is 0 Å². The Hall–Kier alpha value is -2.07. The van der Waals surface area contributed by atoms with Crippen LogP contribution in [0.15, 0.2) is 61.2 Å². The summed E-state index contributed by atoms with van der Waals surface area (Å²) in [6.45, 7) is 3.93. The molecule has 0 aliphatic carbocycles. The Labute approximate surface area is 134 Å². The van der Waals surface area contributed by atoms with E-state index < -0.39 is 0 Å². The van der Waals surface area contributed by atoms with Gasteiger partial charge >= 0.3 is 0 Å². The third kappa shape index (κ3) is 4.46. The van der Waals surface area contributed by atoms with E-state index >= 15 is 0 Å². The van der Waals surface area contributed by atoms with E-state index in [0.717, 1.165) is 11.1 Å². The van der Waals surface area contributed by atoms with Crippen molar-refractivity contribution in [3.05, 3.63) is 83.9 Å². The predicted molar refractivity (Wildman–Crippen MR) is 88.0 cm³/mol. The molecule has 0 amide bonds. The fourth-order valence-corrected chi connectivity index (χ4v) is 2.43. The van der Waals surface area contributed by atoms with Crippen LogP contribution in [0.25, 0.3) is 0 Å². The molecule has 0 spiro atoms. The standard InChI is InChI=1S/C18H16F2OS/c1-2-11-21-18(22)12-17(13-3-7-15(19)8-4-13)14-5-9-16(20)10-6-14/h2-10,17H,1,11-12H2. The lowest BCUT2D eigenvalue weighted by Crippen LogP contribution is -2.10. The minimum Gasteiger partial charge on any atom is -0.483 e. The molecule has 0 unspecified atom stereocenters. The third-order valence-corrected chi connectivity index (χ3v) is 3.56. The lowest BCUT2D eigenvalue weighted by atomic mass is 9.89. The fraction of sp³-hybridized carbons (Fsp3) is 0.167. The van der Waals surface area contributed by atoms with Gasteiger partial charge in [-0.3, -0.25) is 0 Å². The molecule has 2 aromatic rings. The van der Waals surface area contributed by atoms with Gasteiger partial charge in [0.15, 0.2) is 5.05 Å². The predicted octanol–water partition coefficient (Wildman–Crippen LogP) is 5.02. The molecule has 0 fully saturated rings. The van der Waals surface area contributed by atoms with Crippen LogP contribution in [0.5, 0.6) is 0 Å². The molecule has 0 atom stereocenters. The molecular weight excluding hydrogens is 302 g/mol. The van der Waals surface area contributed by atoms with Crippen molar-refractivity contribution in [3.8, 4) is 0 Å². The second-order valence-electron chi connectivity index (χ2n) is 4.83. The van der Waals surface area contributed by atoms with Gasteiger partial charge in [-0.15, -0.1) is 0 Å². The summed E-state index contributed by atoms with van der Waals surface area (Å²) < 4.78 is 31.6. The maximum atomic E-state index is 13.1. The summed E-state index contributed by atoms with van der Waals surface area (Å²) >= 11 is 5.23. The molecule has 2 aromatic carbocycles. The number of rotatable bonds is 6. The van der Waals surface area contributed by atoms with E-state index in [1.54, 1.807) is 30.3 Å². The van der Waals surface area contributed by atoms with Crippen LogP contribution in [0.4, 0.5) is 8.78 Å². The van der Waals surface area contributed by atoms with Gasteiger partial charge in [0.1, 0.15) is 18.2 Å². The molecular formula is C18H16F2OS. The van der Waals surface area contributed by atoms with Crippen molar-refractivity contribution in [3.63, 3.8) is 0 Å². The van der Waals surface area contributed by atoms with E-state index in [-0.39, 0.29) is 17.6 Å². The summed E-state index contributed by atoms with van der Waals surface area (Å²) in [5.41, 5.74) is 1.80. The number of hydrogen-bond acceptors (Lipinski definition) is 2. The first-order valence-corrected chi connectivity index (χ1v) is 7.28. The zero-order chi connectivity index (χ0) is 15.9. The molecule has 0 saturated heterocycles. The van der Waals surface area contributed by atoms with E-state index in [2.05, 4.69) is 6.58 Å². The van der Waals surface area contributed by atoms with E-state index in [9.17, 15) is 8.78 Å². The molecule has 0 saturated carbocycles. The monoisotopic (exact) mass is 318 g/mol. The Morgan fingerprint density at radius 1 is 1.00 bits per heavy atom. The summed E-state index contributed by atoms with van der Waals surface area (Å²) in [6, 6.07) is 12.4. The van der Waals surface area contributed by atoms with Crippen molar-refractivity contribution in [2.45, 2.75) is 12.3 Å². The minimum atomic E-state index is -0.299. The van der Waals surface area contributed by atoms with E-state index in [1.165, 1.54) is 24.3 Å². The molecule has 0 aliphatic heterocycles. The summed E-state index contributed by atoms with van der Waals surface area (Å²) in [6.07, 6.45) is 2.08. The molecule has 0 aliphatic rings. The first-order valence-electron chi connectivity index (χ1n) is 6.87. The molecule has 2 rings (SSSR count). The van der Waals surface area contributed by atoms with Crippen molar-refractivity contribution >= 4 is 17.3 Å². The number of benzene rings is 2. The Balaban J connectivity index is 2.27. The van der Waals surface area contributed by atoms with Gasteiger partial charge < -0.3 is 4.74 Å². The molecule has 0 heterocycles. The Morgan fingerprint density at radius 3 is 1.86 bits per heavy atom. The van der Waals surface area contributed by atoms with Crippen LogP contribution in [0, 0.1) is 11.6 Å². The van der Waals surface area contributed by atoms with Crippen LogP contribution in [-0.2, 0) is 4.74 Å². The molecule has 0 aromatic heterocycles. The molecule has 1 nitrogen and oxygen atoms in total. The fourth-order valence-electron chi connectivity index (χ4n) is 2.20. The topological polar surface area (TPSA) is 9.23 Å². The van der Waals surface area contributed by atoms with Gasteiger partial charge in [0.25, 0.3) is 0 Å². The summed E-state index contributed by atoms with van der Waals surface area (Å²) in [7, 11) is 0. The lowest BCUT2D eigenvalue weighted by molar-refractivity contribution is 0.348. The zero-order valence-electron chi connectivity index (χ0n) is 12.0. The van der Waals surface area contributed by atoms with E-state index in [4.69, 9.17) is 17.0 Å². The second kappa shape index (κ2) is 7.80. The molecule has 114 valence electrons. The first-order chi connectivity index (χ1) is 10.6. The highest BCUT2D eigenvalue weighted by molar-refractivity contribution is 7.80. The van der Waals surface area contributed by atoms with Crippen molar-refractivity contribution in [1.29, 1.82) is 0 Å². The molecule has 4 heteroatoms. The lowest BCUT2D eigenvalue weighted by Gasteiger charge is -2.18. The van der Waals surface area contributed by atoms with Crippen LogP contribution < -0.4 is 0 Å². The van der Waals surface area contributed by atoms with Crippen LogP contribution in [0.1, 0.15) is 23.5 Å². The number of halogens is 2. The molecule has 0 N–H and O–H groups in total. The van der Waals surface area contributed by atoms with Crippen molar-refractivity contribution < 1.29 is 13.5 Å². The van der Waals surface area contributed by atoms with Gasteiger partial charge in [-0.05, 0) is 47.6 Å². The molecule has 0 bridgehead atoms. The zero-order valence-corrected chi connectivity index (χ0v) is 12.8. The minimum absolute atomic E-state index is 0.112. The van der Waals surface area contributed by atoms with Gasteiger partial charge in [0, 0.05) is 12.3 Å². The Morgan fingerprint density at radius 2 is 1.45 bits per heavy atom. The van der Waals surface area contributed by atoms with Crippen molar-refractivity contribution in [1.82, 2.24) is 0 Å². The van der Waals surface area contributed by atoms with Crippen molar-refractivity contribution in [2.24, 2.45) is 0 Å². The number of hydrogen-bond donors (Lipinski definition) is 0. The van der Waals surface area contributed by atoms with E-state index in [0.29, 0.717) is 18.1 Å². The molecule has 22 heavy (non-hydrogen) atoms. The number of thiocarbonyl (C=S) groups is 1. The quantitative estimate of drug-likeness (QED) is 0.546. The maximum absolute atomic E-state index is 13.1. The molecule has 0 radical (unpaired) electrons. The number of ether oxygens (including phenoxy) is 1. The normalized spacial score (nSPS) is 10.5. The highest BCUT2D eigenvalue weighted by atomic mass is 32.1. The summed E-state index contributed by atoms with van der Waals surface area (Å²) in [5, 5.41) is 0.443.